The van der Waals surface area contributed by atoms with E-state index in [0.717, 1.165) is 13.1 Å². The minimum absolute atomic E-state index is 0.607. The van der Waals surface area contributed by atoms with E-state index in [1.165, 1.54) is 29.7 Å². The fraction of sp³-hybridized carbons (Fsp3) is 0.571. The first kappa shape index (κ1) is 11.5. The van der Waals surface area contributed by atoms with Crippen LogP contribution in [0.25, 0.3) is 0 Å². The van der Waals surface area contributed by atoms with Crippen molar-refractivity contribution >= 4 is 5.69 Å². The Labute approximate surface area is 98.7 Å². The highest BCUT2D eigenvalue weighted by atomic mass is 15.1. The number of fused-ring (bicyclic) bond motifs is 1. The van der Waals surface area contributed by atoms with Gasteiger partial charge in [0.05, 0.1) is 0 Å². The summed E-state index contributed by atoms with van der Waals surface area (Å²) < 4.78 is 0. The van der Waals surface area contributed by atoms with Gasteiger partial charge in [0.15, 0.2) is 0 Å². The zero-order valence-corrected chi connectivity index (χ0v) is 10.6. The first-order valence-electron chi connectivity index (χ1n) is 6.27. The second-order valence-corrected chi connectivity index (χ2v) is 4.82. The normalized spacial score (nSPS) is 16.3. The van der Waals surface area contributed by atoms with Crippen LogP contribution in [-0.2, 0) is 13.0 Å². The van der Waals surface area contributed by atoms with Gasteiger partial charge >= 0.3 is 0 Å². The van der Waals surface area contributed by atoms with Gasteiger partial charge in [0.25, 0.3) is 0 Å². The molecule has 1 aliphatic heterocycles. The SMILES string of the molecule is CCC(C)NCc1ccc2c(c1)CCN2C. The average molecular weight is 218 g/mol. The van der Waals surface area contributed by atoms with Crippen LogP contribution in [0.15, 0.2) is 18.2 Å². The fourth-order valence-corrected chi connectivity index (χ4v) is 2.17. The van der Waals surface area contributed by atoms with Gasteiger partial charge in [0.1, 0.15) is 0 Å². The molecule has 0 amide bonds. The number of benzene rings is 1. The quantitative estimate of drug-likeness (QED) is 0.835. The van der Waals surface area contributed by atoms with Crippen molar-refractivity contribution in [3.05, 3.63) is 29.3 Å². The molecule has 1 N–H and O–H groups in total. The predicted octanol–water partition coefficient (Wildman–Crippen LogP) is 2.57. The summed E-state index contributed by atoms with van der Waals surface area (Å²) in [6.07, 6.45) is 2.39. The van der Waals surface area contributed by atoms with Gasteiger partial charge in [-0.15, -0.1) is 0 Å². The molecule has 1 aromatic rings. The Kier molecular flexibility index (Phi) is 3.49. The van der Waals surface area contributed by atoms with Crippen molar-refractivity contribution in [2.24, 2.45) is 0 Å². The van der Waals surface area contributed by atoms with Gasteiger partial charge in [-0.3, -0.25) is 0 Å². The lowest BCUT2D eigenvalue weighted by Gasteiger charge is -2.14. The van der Waals surface area contributed by atoms with E-state index in [1.807, 2.05) is 0 Å². The highest BCUT2D eigenvalue weighted by Crippen LogP contribution is 2.27. The first-order chi connectivity index (χ1) is 7.70. The third-order valence-corrected chi connectivity index (χ3v) is 3.54. The maximum absolute atomic E-state index is 3.54. The molecule has 1 aromatic carbocycles. The summed E-state index contributed by atoms with van der Waals surface area (Å²) in [7, 11) is 2.17. The van der Waals surface area contributed by atoms with Crippen LogP contribution in [0.5, 0.6) is 0 Å². The van der Waals surface area contributed by atoms with E-state index in [1.54, 1.807) is 0 Å². The standard InChI is InChI=1S/C14H22N2/c1-4-11(2)15-10-12-5-6-14-13(9-12)7-8-16(14)3/h5-6,9,11,15H,4,7-8,10H2,1-3H3. The third kappa shape index (κ3) is 2.38. The van der Waals surface area contributed by atoms with Crippen molar-refractivity contribution in [1.82, 2.24) is 5.32 Å². The Bertz CT molecular complexity index is 360. The minimum Gasteiger partial charge on any atom is -0.374 e. The van der Waals surface area contributed by atoms with Crippen molar-refractivity contribution in [2.75, 3.05) is 18.5 Å². The van der Waals surface area contributed by atoms with Crippen LogP contribution in [0, 0.1) is 0 Å². The molecule has 0 radical (unpaired) electrons. The smallest absolute Gasteiger partial charge is 0.0397 e. The topological polar surface area (TPSA) is 15.3 Å². The van der Waals surface area contributed by atoms with Gasteiger partial charge in [-0.2, -0.15) is 0 Å². The Balaban J connectivity index is 2.02. The molecule has 0 saturated heterocycles. The van der Waals surface area contributed by atoms with Crippen molar-refractivity contribution in [3.8, 4) is 0 Å². The van der Waals surface area contributed by atoms with Crippen molar-refractivity contribution in [1.29, 1.82) is 0 Å². The summed E-state index contributed by atoms with van der Waals surface area (Å²) in [5, 5.41) is 3.54. The molecule has 2 heteroatoms. The van der Waals surface area contributed by atoms with E-state index in [0.29, 0.717) is 6.04 Å². The summed E-state index contributed by atoms with van der Waals surface area (Å²) in [5.41, 5.74) is 4.33. The zero-order chi connectivity index (χ0) is 11.5. The molecule has 1 atom stereocenters. The van der Waals surface area contributed by atoms with Crippen LogP contribution < -0.4 is 10.2 Å². The van der Waals surface area contributed by atoms with Crippen LogP contribution in [0.3, 0.4) is 0 Å². The molecule has 1 aliphatic rings. The second-order valence-electron chi connectivity index (χ2n) is 4.82. The number of rotatable bonds is 4. The molecule has 1 heterocycles. The number of hydrogen-bond donors (Lipinski definition) is 1. The van der Waals surface area contributed by atoms with Crippen molar-refractivity contribution < 1.29 is 0 Å². The van der Waals surface area contributed by atoms with E-state index in [9.17, 15) is 0 Å². The molecular formula is C14H22N2. The lowest BCUT2D eigenvalue weighted by Crippen LogP contribution is -2.24. The molecule has 2 nitrogen and oxygen atoms in total. The van der Waals surface area contributed by atoms with E-state index in [2.05, 4.69) is 49.3 Å². The molecule has 1 unspecified atom stereocenters. The minimum atomic E-state index is 0.607. The highest BCUT2D eigenvalue weighted by molar-refractivity contribution is 5.58. The maximum Gasteiger partial charge on any atom is 0.0397 e. The Hall–Kier alpha value is -1.02. The van der Waals surface area contributed by atoms with Gasteiger partial charge in [-0.1, -0.05) is 19.1 Å². The van der Waals surface area contributed by atoms with Crippen LogP contribution in [0.4, 0.5) is 5.69 Å². The maximum atomic E-state index is 3.54. The number of likely N-dealkylation sites (N-methyl/N-ethyl adjacent to an activating group) is 1. The summed E-state index contributed by atoms with van der Waals surface area (Å²) in [4.78, 5) is 2.33. The highest BCUT2D eigenvalue weighted by Gasteiger charge is 2.15. The largest absolute Gasteiger partial charge is 0.374 e. The predicted molar refractivity (Wildman–Crippen MR) is 70.0 cm³/mol. The average Bonchev–Trinajstić information content (AvgIpc) is 2.67. The van der Waals surface area contributed by atoms with Crippen LogP contribution >= 0.6 is 0 Å². The number of anilines is 1. The van der Waals surface area contributed by atoms with Gasteiger partial charge in [-0.25, -0.2) is 0 Å². The van der Waals surface area contributed by atoms with Crippen molar-refractivity contribution in [3.63, 3.8) is 0 Å². The third-order valence-electron chi connectivity index (χ3n) is 3.54. The van der Waals surface area contributed by atoms with E-state index < -0.39 is 0 Å². The van der Waals surface area contributed by atoms with E-state index in [-0.39, 0.29) is 0 Å². The van der Waals surface area contributed by atoms with Gasteiger partial charge < -0.3 is 10.2 Å². The Morgan fingerprint density at radius 2 is 2.25 bits per heavy atom. The molecule has 88 valence electrons. The van der Waals surface area contributed by atoms with E-state index in [4.69, 9.17) is 0 Å². The van der Waals surface area contributed by atoms with Crippen LogP contribution in [-0.4, -0.2) is 19.6 Å². The summed E-state index contributed by atoms with van der Waals surface area (Å²) >= 11 is 0. The van der Waals surface area contributed by atoms with E-state index >= 15 is 0 Å². The van der Waals surface area contributed by atoms with Crippen LogP contribution in [0.1, 0.15) is 31.4 Å². The lowest BCUT2D eigenvalue weighted by atomic mass is 10.1. The summed E-state index contributed by atoms with van der Waals surface area (Å²) in [6.45, 7) is 6.61. The molecule has 2 rings (SSSR count). The zero-order valence-electron chi connectivity index (χ0n) is 10.6. The number of hydrogen-bond acceptors (Lipinski definition) is 2. The first-order valence-corrected chi connectivity index (χ1v) is 6.27. The Morgan fingerprint density at radius 1 is 1.44 bits per heavy atom. The molecule has 0 aliphatic carbocycles. The lowest BCUT2D eigenvalue weighted by molar-refractivity contribution is 0.534. The fourth-order valence-electron chi connectivity index (χ4n) is 2.17. The van der Waals surface area contributed by atoms with Crippen LogP contribution in [0.2, 0.25) is 0 Å². The molecule has 0 bridgehead atoms. The molecule has 0 fully saturated rings. The van der Waals surface area contributed by atoms with Gasteiger partial charge in [0.2, 0.25) is 0 Å². The molecule has 16 heavy (non-hydrogen) atoms. The summed E-state index contributed by atoms with van der Waals surface area (Å²) in [5.74, 6) is 0. The Morgan fingerprint density at radius 3 is 3.00 bits per heavy atom. The molecule has 0 aromatic heterocycles. The number of nitrogens with zero attached hydrogens (tertiary/aromatic N) is 1. The van der Waals surface area contributed by atoms with Crippen molar-refractivity contribution in [2.45, 2.75) is 39.3 Å². The molecule has 0 spiro atoms. The monoisotopic (exact) mass is 218 g/mol. The van der Waals surface area contributed by atoms with Gasteiger partial charge in [-0.05, 0) is 37.0 Å². The number of nitrogens with one attached hydrogen (secondary N) is 1. The second kappa shape index (κ2) is 4.88. The van der Waals surface area contributed by atoms with Gasteiger partial charge in [0, 0.05) is 31.9 Å². The molecule has 0 saturated carbocycles. The molecular weight excluding hydrogens is 196 g/mol. The summed E-state index contributed by atoms with van der Waals surface area (Å²) in [6, 6.07) is 7.47.